The summed E-state index contributed by atoms with van der Waals surface area (Å²) < 4.78 is 0. The molecular formula is C15H19NS. The van der Waals surface area contributed by atoms with Gasteiger partial charge in [-0.2, -0.15) is 11.3 Å². The highest BCUT2D eigenvalue weighted by atomic mass is 32.1. The van der Waals surface area contributed by atoms with E-state index in [1.54, 1.807) is 11.3 Å². The Morgan fingerprint density at radius 1 is 1.12 bits per heavy atom. The average molecular weight is 245 g/mol. The summed E-state index contributed by atoms with van der Waals surface area (Å²) in [5, 5.41) is 7.88. The predicted molar refractivity (Wildman–Crippen MR) is 75.4 cm³/mol. The Balaban J connectivity index is 1.89. The third-order valence-corrected chi connectivity index (χ3v) is 3.79. The second kappa shape index (κ2) is 5.99. The fourth-order valence-corrected chi connectivity index (χ4v) is 2.56. The van der Waals surface area contributed by atoms with E-state index in [1.807, 2.05) is 0 Å². The molecule has 2 aromatic rings. The SMILES string of the molecule is CCc1ccc(CNC(C)c2ccsc2)cc1. The van der Waals surface area contributed by atoms with E-state index in [1.165, 1.54) is 16.7 Å². The molecule has 1 nitrogen and oxygen atoms in total. The lowest BCUT2D eigenvalue weighted by Gasteiger charge is -2.12. The van der Waals surface area contributed by atoms with Gasteiger partial charge in [-0.3, -0.25) is 0 Å². The zero-order valence-electron chi connectivity index (χ0n) is 10.4. The largest absolute Gasteiger partial charge is 0.306 e. The summed E-state index contributed by atoms with van der Waals surface area (Å²) in [5.41, 5.74) is 4.13. The monoisotopic (exact) mass is 245 g/mol. The van der Waals surface area contributed by atoms with Crippen LogP contribution in [0.5, 0.6) is 0 Å². The maximum absolute atomic E-state index is 3.55. The van der Waals surface area contributed by atoms with Crippen LogP contribution in [0.2, 0.25) is 0 Å². The molecule has 0 bridgehead atoms. The summed E-state index contributed by atoms with van der Waals surface area (Å²) >= 11 is 1.75. The lowest BCUT2D eigenvalue weighted by molar-refractivity contribution is 0.576. The van der Waals surface area contributed by atoms with Crippen molar-refractivity contribution in [3.05, 3.63) is 57.8 Å². The molecule has 2 rings (SSSR count). The molecule has 1 N–H and O–H groups in total. The molecule has 0 aliphatic carbocycles. The minimum absolute atomic E-state index is 0.423. The zero-order valence-corrected chi connectivity index (χ0v) is 11.3. The van der Waals surface area contributed by atoms with Gasteiger partial charge >= 0.3 is 0 Å². The molecule has 0 saturated heterocycles. The first-order chi connectivity index (χ1) is 8.29. The molecule has 1 atom stereocenters. The molecule has 17 heavy (non-hydrogen) atoms. The Bertz CT molecular complexity index is 430. The van der Waals surface area contributed by atoms with Gasteiger partial charge < -0.3 is 5.32 Å². The van der Waals surface area contributed by atoms with Gasteiger partial charge in [-0.05, 0) is 46.9 Å². The van der Waals surface area contributed by atoms with Crippen LogP contribution in [-0.4, -0.2) is 0 Å². The van der Waals surface area contributed by atoms with Crippen molar-refractivity contribution in [1.29, 1.82) is 0 Å². The number of nitrogens with one attached hydrogen (secondary N) is 1. The molecule has 0 aliphatic rings. The van der Waals surface area contributed by atoms with Gasteiger partial charge in [0.1, 0.15) is 0 Å². The molecule has 0 fully saturated rings. The summed E-state index contributed by atoms with van der Waals surface area (Å²) in [4.78, 5) is 0. The van der Waals surface area contributed by atoms with Gasteiger partial charge in [0.05, 0.1) is 0 Å². The standard InChI is InChI=1S/C15H19NS/c1-3-13-4-6-14(7-5-13)10-16-12(2)15-8-9-17-11-15/h4-9,11-12,16H,3,10H2,1-2H3. The van der Waals surface area contributed by atoms with Crippen molar-refractivity contribution in [2.24, 2.45) is 0 Å². The Kier molecular flexibility index (Phi) is 4.35. The Labute approximate surface area is 108 Å². The maximum atomic E-state index is 3.55. The Morgan fingerprint density at radius 2 is 1.82 bits per heavy atom. The van der Waals surface area contributed by atoms with E-state index in [-0.39, 0.29) is 0 Å². The lowest BCUT2D eigenvalue weighted by atomic mass is 10.1. The molecule has 0 aliphatic heterocycles. The molecule has 1 heterocycles. The zero-order chi connectivity index (χ0) is 12.1. The number of rotatable bonds is 5. The van der Waals surface area contributed by atoms with E-state index >= 15 is 0 Å². The predicted octanol–water partition coefficient (Wildman–Crippen LogP) is 4.16. The summed E-state index contributed by atoms with van der Waals surface area (Å²) in [6.07, 6.45) is 1.11. The molecule has 2 heteroatoms. The van der Waals surface area contributed by atoms with Crippen LogP contribution in [-0.2, 0) is 13.0 Å². The van der Waals surface area contributed by atoms with Gasteiger partial charge in [0.2, 0.25) is 0 Å². The van der Waals surface area contributed by atoms with Crippen molar-refractivity contribution < 1.29 is 0 Å². The fourth-order valence-electron chi connectivity index (χ4n) is 1.80. The van der Waals surface area contributed by atoms with Crippen molar-refractivity contribution in [2.45, 2.75) is 32.9 Å². The smallest absolute Gasteiger partial charge is 0.0303 e. The highest BCUT2D eigenvalue weighted by Gasteiger charge is 2.04. The minimum Gasteiger partial charge on any atom is -0.306 e. The maximum Gasteiger partial charge on any atom is 0.0303 e. The van der Waals surface area contributed by atoms with Crippen LogP contribution in [0.15, 0.2) is 41.1 Å². The fraction of sp³-hybridized carbons (Fsp3) is 0.333. The van der Waals surface area contributed by atoms with Crippen molar-refractivity contribution >= 4 is 11.3 Å². The normalized spacial score (nSPS) is 12.6. The first-order valence-corrected chi connectivity index (χ1v) is 7.07. The van der Waals surface area contributed by atoms with Crippen molar-refractivity contribution in [2.75, 3.05) is 0 Å². The van der Waals surface area contributed by atoms with Gasteiger partial charge in [0.25, 0.3) is 0 Å². The minimum atomic E-state index is 0.423. The van der Waals surface area contributed by atoms with E-state index in [2.05, 4.69) is 60.3 Å². The van der Waals surface area contributed by atoms with Crippen LogP contribution in [0, 0.1) is 0 Å². The van der Waals surface area contributed by atoms with Crippen LogP contribution < -0.4 is 5.32 Å². The molecule has 1 aromatic carbocycles. The number of hydrogen-bond acceptors (Lipinski definition) is 2. The molecule has 0 radical (unpaired) electrons. The quantitative estimate of drug-likeness (QED) is 0.834. The second-order valence-electron chi connectivity index (χ2n) is 4.33. The highest BCUT2D eigenvalue weighted by Crippen LogP contribution is 2.16. The lowest BCUT2D eigenvalue weighted by Crippen LogP contribution is -2.17. The molecule has 0 amide bonds. The Morgan fingerprint density at radius 3 is 2.41 bits per heavy atom. The van der Waals surface area contributed by atoms with Crippen molar-refractivity contribution in [3.8, 4) is 0 Å². The Hall–Kier alpha value is -1.12. The average Bonchev–Trinajstić information content (AvgIpc) is 2.90. The van der Waals surface area contributed by atoms with Gasteiger partial charge in [0, 0.05) is 12.6 Å². The topological polar surface area (TPSA) is 12.0 Å². The van der Waals surface area contributed by atoms with E-state index < -0.39 is 0 Å². The van der Waals surface area contributed by atoms with E-state index in [0.717, 1.165) is 13.0 Å². The van der Waals surface area contributed by atoms with Gasteiger partial charge in [0.15, 0.2) is 0 Å². The number of aryl methyl sites for hydroxylation is 1. The van der Waals surface area contributed by atoms with Crippen LogP contribution in [0.1, 0.15) is 36.6 Å². The van der Waals surface area contributed by atoms with Gasteiger partial charge in [-0.15, -0.1) is 0 Å². The molecule has 1 aromatic heterocycles. The molecular weight excluding hydrogens is 226 g/mol. The first-order valence-electron chi connectivity index (χ1n) is 6.13. The number of benzene rings is 1. The molecule has 90 valence electrons. The molecule has 0 spiro atoms. The first kappa shape index (κ1) is 12.3. The third-order valence-electron chi connectivity index (χ3n) is 3.09. The summed E-state index contributed by atoms with van der Waals surface area (Å²) in [7, 11) is 0. The number of hydrogen-bond donors (Lipinski definition) is 1. The second-order valence-corrected chi connectivity index (χ2v) is 5.11. The number of thiophene rings is 1. The van der Waals surface area contributed by atoms with Crippen LogP contribution in [0.25, 0.3) is 0 Å². The summed E-state index contributed by atoms with van der Waals surface area (Å²) in [6.45, 7) is 5.33. The van der Waals surface area contributed by atoms with Crippen LogP contribution >= 0.6 is 11.3 Å². The van der Waals surface area contributed by atoms with Gasteiger partial charge in [-0.25, -0.2) is 0 Å². The molecule has 1 unspecified atom stereocenters. The van der Waals surface area contributed by atoms with Crippen molar-refractivity contribution in [3.63, 3.8) is 0 Å². The van der Waals surface area contributed by atoms with Crippen LogP contribution in [0.4, 0.5) is 0 Å². The van der Waals surface area contributed by atoms with E-state index in [4.69, 9.17) is 0 Å². The van der Waals surface area contributed by atoms with E-state index in [0.29, 0.717) is 6.04 Å². The molecule has 0 saturated carbocycles. The summed E-state index contributed by atoms with van der Waals surface area (Å²) in [5.74, 6) is 0. The highest BCUT2D eigenvalue weighted by molar-refractivity contribution is 7.07. The third kappa shape index (κ3) is 3.42. The van der Waals surface area contributed by atoms with E-state index in [9.17, 15) is 0 Å². The van der Waals surface area contributed by atoms with Gasteiger partial charge in [-0.1, -0.05) is 31.2 Å². The van der Waals surface area contributed by atoms with Crippen molar-refractivity contribution in [1.82, 2.24) is 5.32 Å². The summed E-state index contributed by atoms with van der Waals surface area (Å²) in [6, 6.07) is 11.5. The van der Waals surface area contributed by atoms with Crippen LogP contribution in [0.3, 0.4) is 0 Å².